The van der Waals surface area contributed by atoms with Crippen LogP contribution in [0.1, 0.15) is 32.6 Å². The van der Waals surface area contributed by atoms with Gasteiger partial charge in [-0.25, -0.2) is 0 Å². The maximum atomic E-state index is 12.7. The molecule has 0 aliphatic rings. The van der Waals surface area contributed by atoms with Gasteiger partial charge in [-0.15, -0.1) is 0 Å². The molecule has 0 saturated carbocycles. The van der Waals surface area contributed by atoms with Gasteiger partial charge in [-0.05, 0) is 30.3 Å². The highest BCUT2D eigenvalue weighted by atomic mass is 35.5. The van der Waals surface area contributed by atoms with E-state index in [0.717, 1.165) is 0 Å². The van der Waals surface area contributed by atoms with Crippen LogP contribution in [0.4, 0.5) is 11.4 Å². The van der Waals surface area contributed by atoms with Crippen molar-refractivity contribution >= 4 is 34.8 Å². The summed E-state index contributed by atoms with van der Waals surface area (Å²) in [6.07, 6.45) is 2.98. The molecule has 0 bridgehead atoms. The van der Waals surface area contributed by atoms with Crippen LogP contribution >= 0.6 is 11.6 Å². The normalized spacial score (nSPS) is 10.7. The summed E-state index contributed by atoms with van der Waals surface area (Å²) in [7, 11) is 1.61. The standard InChI is InChI=1S/C22H18ClN5O7/c1-27-11-17(20(26-27)22(30)24-10-14-3-2-8-33-14)25-21(29)18-7-5-15(35-18)12-34-19-9-13(28(31)32)4-6-16(19)23/h2-9,11H,10,12H2,1H3,(H,24,30)(H,25,29). The van der Waals surface area contributed by atoms with Crippen LogP contribution in [0.5, 0.6) is 5.75 Å². The van der Waals surface area contributed by atoms with Gasteiger partial charge in [-0.1, -0.05) is 11.6 Å². The van der Waals surface area contributed by atoms with E-state index in [0.29, 0.717) is 5.76 Å². The molecule has 0 saturated heterocycles. The number of aromatic nitrogens is 2. The molecule has 0 radical (unpaired) electrons. The summed E-state index contributed by atoms with van der Waals surface area (Å²) in [4.78, 5) is 35.6. The monoisotopic (exact) mass is 499 g/mol. The Kier molecular flexibility index (Phi) is 6.83. The quantitative estimate of drug-likeness (QED) is 0.259. The molecule has 0 aliphatic heterocycles. The minimum absolute atomic E-state index is 0.0165. The fraction of sp³-hybridized carbons (Fsp3) is 0.136. The molecule has 0 atom stereocenters. The number of nitro benzene ring substituents is 1. The molecule has 180 valence electrons. The van der Waals surface area contributed by atoms with Crippen LogP contribution in [0.2, 0.25) is 5.02 Å². The van der Waals surface area contributed by atoms with Gasteiger partial charge in [0.1, 0.15) is 23.9 Å². The Balaban J connectivity index is 1.39. The number of non-ortho nitro benzene ring substituents is 1. The molecule has 35 heavy (non-hydrogen) atoms. The number of anilines is 1. The molecule has 0 fully saturated rings. The minimum atomic E-state index is -0.613. The van der Waals surface area contributed by atoms with Gasteiger partial charge < -0.3 is 24.2 Å². The molecule has 0 spiro atoms. The lowest BCUT2D eigenvalue weighted by molar-refractivity contribution is -0.384. The molecular weight excluding hydrogens is 482 g/mol. The van der Waals surface area contributed by atoms with E-state index in [4.69, 9.17) is 25.2 Å². The van der Waals surface area contributed by atoms with Gasteiger partial charge in [0.2, 0.25) is 0 Å². The first-order valence-electron chi connectivity index (χ1n) is 10.1. The number of carbonyl (C=O) groups is 2. The highest BCUT2D eigenvalue weighted by Crippen LogP contribution is 2.29. The number of furan rings is 2. The Labute approximate surface area is 202 Å². The van der Waals surface area contributed by atoms with E-state index in [2.05, 4.69) is 15.7 Å². The first kappa shape index (κ1) is 23.6. The van der Waals surface area contributed by atoms with Crippen molar-refractivity contribution in [2.45, 2.75) is 13.2 Å². The van der Waals surface area contributed by atoms with E-state index in [9.17, 15) is 19.7 Å². The summed E-state index contributed by atoms with van der Waals surface area (Å²) < 4.78 is 17.6. The number of amides is 2. The van der Waals surface area contributed by atoms with Crippen LogP contribution in [-0.4, -0.2) is 26.5 Å². The van der Waals surface area contributed by atoms with Crippen LogP contribution in [-0.2, 0) is 20.2 Å². The summed E-state index contributed by atoms with van der Waals surface area (Å²) >= 11 is 6.02. The Morgan fingerprint density at radius 1 is 1.20 bits per heavy atom. The van der Waals surface area contributed by atoms with Crippen LogP contribution in [0, 0.1) is 10.1 Å². The lowest BCUT2D eigenvalue weighted by Crippen LogP contribution is -2.25. The summed E-state index contributed by atoms with van der Waals surface area (Å²) in [5.74, 6) is -0.210. The van der Waals surface area contributed by atoms with E-state index in [1.807, 2.05) is 0 Å². The van der Waals surface area contributed by atoms with E-state index >= 15 is 0 Å². The lowest BCUT2D eigenvalue weighted by atomic mass is 10.3. The number of rotatable bonds is 9. The van der Waals surface area contributed by atoms with Crippen molar-refractivity contribution in [2.24, 2.45) is 7.05 Å². The van der Waals surface area contributed by atoms with Gasteiger partial charge >= 0.3 is 0 Å². The predicted octanol–water partition coefficient (Wildman–Crippen LogP) is 3.93. The Morgan fingerprint density at radius 2 is 2.03 bits per heavy atom. The van der Waals surface area contributed by atoms with E-state index in [-0.39, 0.29) is 52.5 Å². The molecule has 2 N–H and O–H groups in total. The number of hydrogen-bond donors (Lipinski definition) is 2. The van der Waals surface area contributed by atoms with Gasteiger partial charge in [0.05, 0.1) is 34.5 Å². The van der Waals surface area contributed by atoms with Gasteiger partial charge in [-0.3, -0.25) is 24.4 Å². The zero-order valence-electron chi connectivity index (χ0n) is 18.2. The highest BCUT2D eigenvalue weighted by Gasteiger charge is 2.20. The van der Waals surface area contributed by atoms with E-state index in [1.165, 1.54) is 47.5 Å². The maximum Gasteiger partial charge on any atom is 0.291 e. The second kappa shape index (κ2) is 10.1. The van der Waals surface area contributed by atoms with Crippen LogP contribution < -0.4 is 15.4 Å². The zero-order valence-corrected chi connectivity index (χ0v) is 18.9. The largest absolute Gasteiger partial charge is 0.484 e. The van der Waals surface area contributed by atoms with Crippen molar-refractivity contribution in [1.29, 1.82) is 0 Å². The molecular formula is C22H18ClN5O7. The Hall–Kier alpha value is -4.58. The third-order valence-corrected chi connectivity index (χ3v) is 4.99. The van der Waals surface area contributed by atoms with E-state index < -0.39 is 16.7 Å². The molecule has 12 nitrogen and oxygen atoms in total. The highest BCUT2D eigenvalue weighted by molar-refractivity contribution is 6.32. The van der Waals surface area contributed by atoms with Gasteiger partial charge in [-0.2, -0.15) is 5.10 Å². The SMILES string of the molecule is Cn1cc(NC(=O)c2ccc(COc3cc([N+](=O)[O-])ccc3Cl)o2)c(C(=O)NCc2ccco2)n1. The number of nitrogens with one attached hydrogen (secondary N) is 2. The molecule has 4 rings (SSSR count). The van der Waals surface area contributed by atoms with Gasteiger partial charge in [0.15, 0.2) is 11.5 Å². The van der Waals surface area contributed by atoms with Crippen LogP contribution in [0.15, 0.2) is 63.8 Å². The summed E-state index contributed by atoms with van der Waals surface area (Å²) in [6.45, 7) is 0.0351. The third kappa shape index (κ3) is 5.68. The fourth-order valence-electron chi connectivity index (χ4n) is 3.04. The summed E-state index contributed by atoms with van der Waals surface area (Å²) in [5, 5.41) is 20.5. The number of ether oxygens (including phenoxy) is 1. The summed E-state index contributed by atoms with van der Waals surface area (Å²) in [5.41, 5.74) is 0.0271. The number of nitrogens with zero attached hydrogens (tertiary/aromatic N) is 3. The molecule has 2 amide bonds. The number of aryl methyl sites for hydroxylation is 1. The second-order valence-electron chi connectivity index (χ2n) is 7.21. The van der Waals surface area contributed by atoms with Crippen molar-refractivity contribution in [2.75, 3.05) is 5.32 Å². The van der Waals surface area contributed by atoms with Crippen LogP contribution in [0.25, 0.3) is 0 Å². The fourth-order valence-corrected chi connectivity index (χ4v) is 3.21. The van der Waals surface area contributed by atoms with Crippen molar-refractivity contribution in [1.82, 2.24) is 15.1 Å². The van der Waals surface area contributed by atoms with E-state index in [1.54, 1.807) is 19.2 Å². The topological polar surface area (TPSA) is 155 Å². The van der Waals surface area contributed by atoms with Crippen LogP contribution in [0.3, 0.4) is 0 Å². The number of carbonyl (C=O) groups excluding carboxylic acids is 2. The smallest absolute Gasteiger partial charge is 0.291 e. The first-order valence-corrected chi connectivity index (χ1v) is 10.5. The number of halogens is 1. The third-order valence-electron chi connectivity index (χ3n) is 4.68. The lowest BCUT2D eigenvalue weighted by Gasteiger charge is -2.06. The number of hydrogen-bond acceptors (Lipinski definition) is 8. The van der Waals surface area contributed by atoms with Gasteiger partial charge in [0.25, 0.3) is 17.5 Å². The average Bonchev–Trinajstić information content (AvgIpc) is 3.58. The van der Waals surface area contributed by atoms with Crippen molar-refractivity contribution in [3.8, 4) is 5.75 Å². The molecule has 4 aromatic rings. The maximum absolute atomic E-state index is 12.7. The Morgan fingerprint density at radius 3 is 2.77 bits per heavy atom. The Bertz CT molecular complexity index is 1380. The second-order valence-corrected chi connectivity index (χ2v) is 7.61. The summed E-state index contributed by atoms with van der Waals surface area (Å²) in [6, 6.07) is 10.2. The predicted molar refractivity (Wildman–Crippen MR) is 122 cm³/mol. The molecule has 3 aromatic heterocycles. The molecule has 0 unspecified atom stereocenters. The molecule has 3 heterocycles. The number of benzene rings is 1. The van der Waals surface area contributed by atoms with Crippen molar-refractivity contribution < 1.29 is 28.1 Å². The molecule has 0 aliphatic carbocycles. The molecule has 13 heteroatoms. The molecule has 1 aromatic carbocycles. The average molecular weight is 500 g/mol. The zero-order chi connectivity index (χ0) is 24.9. The van der Waals surface area contributed by atoms with Crippen molar-refractivity contribution in [3.05, 3.63) is 93.0 Å². The minimum Gasteiger partial charge on any atom is -0.484 e. The van der Waals surface area contributed by atoms with Gasteiger partial charge in [0, 0.05) is 19.3 Å². The first-order chi connectivity index (χ1) is 16.8. The number of nitro groups is 1. The van der Waals surface area contributed by atoms with Crippen molar-refractivity contribution in [3.63, 3.8) is 0 Å².